The predicted octanol–water partition coefficient (Wildman–Crippen LogP) is 4.22. The highest BCUT2D eigenvalue weighted by atomic mass is 19.2. The van der Waals surface area contributed by atoms with E-state index < -0.39 is 28.9 Å². The van der Waals surface area contributed by atoms with Gasteiger partial charge in [-0.3, -0.25) is 19.5 Å². The van der Waals surface area contributed by atoms with Crippen LogP contribution in [0.4, 0.5) is 13.2 Å². The van der Waals surface area contributed by atoms with Crippen LogP contribution < -0.4 is 15.6 Å². The second-order valence-electron chi connectivity index (χ2n) is 12.1. The van der Waals surface area contributed by atoms with Crippen molar-refractivity contribution in [1.82, 2.24) is 24.7 Å². The van der Waals surface area contributed by atoms with E-state index in [1.165, 1.54) is 18.3 Å². The average Bonchev–Trinajstić information content (AvgIpc) is 3.09. The van der Waals surface area contributed by atoms with Crippen LogP contribution in [0.15, 0.2) is 65.7 Å². The Hall–Kier alpha value is -4.26. The summed E-state index contributed by atoms with van der Waals surface area (Å²) in [6.07, 6.45) is 5.39. The summed E-state index contributed by atoms with van der Waals surface area (Å²) in [7, 11) is 0. The van der Waals surface area contributed by atoms with Crippen LogP contribution in [0.2, 0.25) is 0 Å². The largest absolute Gasteiger partial charge is 0.492 e. The van der Waals surface area contributed by atoms with Gasteiger partial charge in [0.2, 0.25) is 0 Å². The Balaban J connectivity index is 1.06. The molecule has 0 aliphatic carbocycles. The van der Waals surface area contributed by atoms with Gasteiger partial charge in [-0.25, -0.2) is 13.2 Å². The van der Waals surface area contributed by atoms with Crippen molar-refractivity contribution in [3.8, 4) is 5.75 Å². The van der Waals surface area contributed by atoms with E-state index in [-0.39, 0.29) is 24.2 Å². The number of rotatable bonds is 11. The quantitative estimate of drug-likeness (QED) is 0.244. The van der Waals surface area contributed by atoms with E-state index in [2.05, 4.69) is 20.1 Å². The molecule has 248 valence electrons. The van der Waals surface area contributed by atoms with E-state index in [1.807, 2.05) is 24.3 Å². The first-order chi connectivity index (χ1) is 22.8. The molecule has 0 spiro atoms. The zero-order valence-corrected chi connectivity index (χ0v) is 26.1. The van der Waals surface area contributed by atoms with Crippen LogP contribution >= 0.6 is 0 Å². The molecule has 1 atom stereocenters. The molecule has 12 heteroatoms. The van der Waals surface area contributed by atoms with Crippen LogP contribution in [0, 0.1) is 23.4 Å². The van der Waals surface area contributed by atoms with Crippen LogP contribution in [0.5, 0.6) is 5.75 Å². The molecule has 2 fully saturated rings. The first kappa shape index (κ1) is 32.7. The molecule has 2 aliphatic heterocycles. The molecule has 0 saturated carbocycles. The molecule has 1 amide bonds. The van der Waals surface area contributed by atoms with Gasteiger partial charge in [0.25, 0.3) is 11.5 Å². The van der Waals surface area contributed by atoms with Gasteiger partial charge in [-0.15, -0.1) is 0 Å². The van der Waals surface area contributed by atoms with Crippen LogP contribution in [0.3, 0.4) is 0 Å². The van der Waals surface area contributed by atoms with Crippen molar-refractivity contribution < 1.29 is 27.4 Å². The van der Waals surface area contributed by atoms with Crippen LogP contribution in [-0.4, -0.2) is 84.3 Å². The molecule has 2 saturated heterocycles. The van der Waals surface area contributed by atoms with E-state index >= 15 is 0 Å². The maximum atomic E-state index is 13.7. The lowest BCUT2D eigenvalue weighted by Crippen LogP contribution is -2.44. The molecule has 2 aliphatic rings. The highest BCUT2D eigenvalue weighted by molar-refractivity contribution is 5.94. The number of carbonyl (C=O) groups is 1. The highest BCUT2D eigenvalue weighted by Crippen LogP contribution is 2.27. The number of piperidine rings is 1. The number of morpholine rings is 1. The summed E-state index contributed by atoms with van der Waals surface area (Å²) >= 11 is 0. The number of amides is 1. The van der Waals surface area contributed by atoms with Gasteiger partial charge < -0.3 is 24.3 Å². The molecule has 4 heterocycles. The van der Waals surface area contributed by atoms with Crippen molar-refractivity contribution in [3.63, 3.8) is 0 Å². The number of nitrogens with zero attached hydrogens (tertiary/aromatic N) is 4. The van der Waals surface area contributed by atoms with Gasteiger partial charge in [0, 0.05) is 63.0 Å². The number of fused-ring (bicyclic) bond motifs is 1. The van der Waals surface area contributed by atoms with E-state index in [0.29, 0.717) is 12.5 Å². The minimum Gasteiger partial charge on any atom is -0.492 e. The second kappa shape index (κ2) is 15.1. The Kier molecular flexibility index (Phi) is 10.5. The van der Waals surface area contributed by atoms with Crippen molar-refractivity contribution in [3.05, 3.63) is 105 Å². The van der Waals surface area contributed by atoms with Gasteiger partial charge in [-0.2, -0.15) is 0 Å². The number of carbonyl (C=O) groups excluding carboxylic acids is 1. The fraction of sp³-hybridized carbons (Fsp3) is 0.400. The van der Waals surface area contributed by atoms with E-state index in [4.69, 9.17) is 9.47 Å². The van der Waals surface area contributed by atoms with E-state index in [9.17, 15) is 22.8 Å². The third kappa shape index (κ3) is 8.19. The maximum absolute atomic E-state index is 13.7. The fourth-order valence-electron chi connectivity index (χ4n) is 6.22. The Labute approximate surface area is 270 Å². The molecule has 2 aromatic carbocycles. The number of likely N-dealkylation sites (tertiary alicyclic amines) is 1. The summed E-state index contributed by atoms with van der Waals surface area (Å²) in [5.41, 5.74) is 0.843. The van der Waals surface area contributed by atoms with Crippen molar-refractivity contribution in [1.29, 1.82) is 0 Å². The summed E-state index contributed by atoms with van der Waals surface area (Å²) in [6.45, 7) is 8.36. The second-order valence-corrected chi connectivity index (χ2v) is 12.1. The lowest BCUT2D eigenvalue weighted by atomic mass is 9.99. The molecule has 47 heavy (non-hydrogen) atoms. The van der Waals surface area contributed by atoms with E-state index in [1.54, 1.807) is 6.20 Å². The van der Waals surface area contributed by atoms with Gasteiger partial charge in [0.05, 0.1) is 31.9 Å². The van der Waals surface area contributed by atoms with Crippen molar-refractivity contribution >= 4 is 16.8 Å². The highest BCUT2D eigenvalue weighted by Gasteiger charge is 2.22. The van der Waals surface area contributed by atoms with Gasteiger partial charge in [0.1, 0.15) is 11.3 Å². The molecule has 0 radical (unpaired) electrons. The maximum Gasteiger partial charge on any atom is 0.263 e. The molecule has 2 aromatic heterocycles. The summed E-state index contributed by atoms with van der Waals surface area (Å²) in [6, 6.07) is 12.0. The predicted molar refractivity (Wildman–Crippen MR) is 171 cm³/mol. The van der Waals surface area contributed by atoms with Crippen LogP contribution in [0.1, 0.15) is 34.3 Å². The monoisotopic (exact) mass is 649 g/mol. The minimum atomic E-state index is -1.58. The minimum absolute atomic E-state index is 0.0495. The number of benzene rings is 2. The first-order valence-corrected chi connectivity index (χ1v) is 16.0. The van der Waals surface area contributed by atoms with Gasteiger partial charge in [-0.05, 0) is 73.0 Å². The topological polar surface area (TPSA) is 88.9 Å². The average molecular weight is 650 g/mol. The van der Waals surface area contributed by atoms with Gasteiger partial charge >= 0.3 is 0 Å². The Morgan fingerprint density at radius 3 is 2.57 bits per heavy atom. The van der Waals surface area contributed by atoms with Gasteiger partial charge in [0.15, 0.2) is 17.5 Å². The van der Waals surface area contributed by atoms with Crippen molar-refractivity contribution in [2.75, 3.05) is 59.1 Å². The third-order valence-electron chi connectivity index (χ3n) is 8.79. The molecule has 4 aromatic rings. The third-order valence-corrected chi connectivity index (χ3v) is 8.79. The SMILES string of the molecule is O=C(NCc1ccc2nccc(OC[C@@H]3CCCN(CCN4CCOCC4)C3)c2c1)c1cccn(Cc2cc(F)c(F)c(F)c2)c1=O. The summed E-state index contributed by atoms with van der Waals surface area (Å²) in [5.74, 6) is -3.72. The normalized spacial score (nSPS) is 17.6. The number of halogens is 3. The number of hydrogen-bond donors (Lipinski definition) is 1. The van der Waals surface area contributed by atoms with Crippen LogP contribution in [-0.2, 0) is 17.8 Å². The molecular formula is C35H38F3N5O4. The fourth-order valence-corrected chi connectivity index (χ4v) is 6.22. The number of nitrogens with one attached hydrogen (secondary N) is 1. The standard InChI is InChI=1S/C35H38F3N5O4/c36-29-18-26(19-30(37)33(29)38)22-43-10-2-4-27(35(43)45)34(44)40-20-24-5-6-31-28(17-24)32(7-8-39-31)47-23-25-3-1-9-42(21-25)12-11-41-13-15-46-16-14-41/h2,4-8,10,17-19,25H,1,3,9,11-16,20-23H2,(H,40,44)/t25-/m1/s1. The lowest BCUT2D eigenvalue weighted by Gasteiger charge is -2.35. The molecule has 6 rings (SSSR count). The molecule has 0 unspecified atom stereocenters. The Bertz CT molecular complexity index is 1760. The van der Waals surface area contributed by atoms with Crippen LogP contribution in [0.25, 0.3) is 10.9 Å². The zero-order valence-electron chi connectivity index (χ0n) is 26.1. The molecule has 9 nitrogen and oxygen atoms in total. The zero-order chi connectivity index (χ0) is 32.8. The first-order valence-electron chi connectivity index (χ1n) is 16.0. The van der Waals surface area contributed by atoms with Gasteiger partial charge in [-0.1, -0.05) is 6.07 Å². The number of pyridine rings is 2. The number of ether oxygens (including phenoxy) is 2. The number of hydrogen-bond acceptors (Lipinski definition) is 7. The summed E-state index contributed by atoms with van der Waals surface area (Å²) in [5, 5.41) is 3.62. The molecular weight excluding hydrogens is 611 g/mol. The molecule has 0 bridgehead atoms. The smallest absolute Gasteiger partial charge is 0.263 e. The molecule has 1 N–H and O–H groups in total. The Morgan fingerprint density at radius 2 is 1.77 bits per heavy atom. The summed E-state index contributed by atoms with van der Waals surface area (Å²) in [4.78, 5) is 35.5. The lowest BCUT2D eigenvalue weighted by molar-refractivity contribution is 0.0297. The van der Waals surface area contributed by atoms with Crippen molar-refractivity contribution in [2.24, 2.45) is 5.92 Å². The Morgan fingerprint density at radius 1 is 0.979 bits per heavy atom. The summed E-state index contributed by atoms with van der Waals surface area (Å²) < 4.78 is 53.7. The number of aromatic nitrogens is 2. The van der Waals surface area contributed by atoms with Crippen molar-refractivity contribution in [2.45, 2.75) is 25.9 Å². The van der Waals surface area contributed by atoms with E-state index in [0.717, 1.165) is 104 Å².